The smallest absolute Gasteiger partial charge is 0.223 e. The fourth-order valence-electron chi connectivity index (χ4n) is 3.43. The van der Waals surface area contributed by atoms with Gasteiger partial charge in [-0.25, -0.2) is 19.9 Å². The number of nitrogen functional groups attached to an aromatic ring is 1. The summed E-state index contributed by atoms with van der Waals surface area (Å²) in [6, 6.07) is 11.6. The van der Waals surface area contributed by atoms with E-state index >= 15 is 0 Å². The summed E-state index contributed by atoms with van der Waals surface area (Å²) in [5.41, 5.74) is 10.1. The number of aryl methyl sites for hydroxylation is 1. The van der Waals surface area contributed by atoms with Gasteiger partial charge in [-0.1, -0.05) is 31.2 Å². The highest BCUT2D eigenvalue weighted by Gasteiger charge is 2.12. The van der Waals surface area contributed by atoms with E-state index in [4.69, 9.17) is 10.7 Å². The maximum Gasteiger partial charge on any atom is 0.223 e. The van der Waals surface area contributed by atoms with Crippen molar-refractivity contribution in [2.75, 3.05) is 29.5 Å². The van der Waals surface area contributed by atoms with Crippen molar-refractivity contribution in [2.45, 2.75) is 19.9 Å². The van der Waals surface area contributed by atoms with Gasteiger partial charge in [0.15, 0.2) is 0 Å². The largest absolute Gasteiger partial charge is 0.633 e. The number of quaternary nitrogens is 1. The normalized spacial score (nSPS) is 11.1. The van der Waals surface area contributed by atoms with Crippen molar-refractivity contribution in [3.63, 3.8) is 0 Å². The van der Waals surface area contributed by atoms with Crippen LogP contribution in [0.2, 0.25) is 0 Å². The van der Waals surface area contributed by atoms with Crippen LogP contribution in [-0.2, 0) is 13.0 Å². The number of hydrogen-bond donors (Lipinski definition) is 4. The molecule has 5 N–H and O–H groups in total. The molecule has 1 aromatic carbocycles. The second-order valence-corrected chi connectivity index (χ2v) is 7.59. The molecule has 34 heavy (non-hydrogen) atoms. The number of hydroxylamine groups is 2. The number of anilines is 3. The molecule has 0 aliphatic carbocycles. The van der Waals surface area contributed by atoms with E-state index in [0.717, 1.165) is 23.4 Å². The van der Waals surface area contributed by atoms with Crippen molar-refractivity contribution in [3.05, 3.63) is 82.9 Å². The Labute approximate surface area is 196 Å². The number of nitrogens with one attached hydrogen (secondary N) is 3. The number of nitrogens with two attached hydrogens (primary N) is 1. The van der Waals surface area contributed by atoms with Crippen LogP contribution < -0.4 is 21.6 Å². The zero-order chi connectivity index (χ0) is 23.9. The van der Waals surface area contributed by atoms with Gasteiger partial charge >= 0.3 is 0 Å². The van der Waals surface area contributed by atoms with E-state index in [1.165, 1.54) is 5.56 Å². The monoisotopic (exact) mass is 460 g/mol. The van der Waals surface area contributed by atoms with Gasteiger partial charge in [-0.2, -0.15) is 0 Å². The van der Waals surface area contributed by atoms with Gasteiger partial charge in [0.1, 0.15) is 18.2 Å². The molecule has 0 saturated heterocycles. The van der Waals surface area contributed by atoms with Crippen LogP contribution in [0.1, 0.15) is 18.1 Å². The number of nitrogens with zero attached hydrogens (tertiary/aromatic N) is 5. The molecule has 0 fully saturated rings. The lowest BCUT2D eigenvalue weighted by Gasteiger charge is -2.25. The first kappa shape index (κ1) is 23.1. The Balaban J connectivity index is 1.44. The lowest BCUT2D eigenvalue weighted by atomic mass is 10.1. The molecule has 0 aliphatic heterocycles. The summed E-state index contributed by atoms with van der Waals surface area (Å²) in [7, 11) is 0. The Morgan fingerprint density at radius 3 is 2.50 bits per heavy atom. The van der Waals surface area contributed by atoms with Gasteiger partial charge in [0.05, 0.1) is 23.9 Å². The van der Waals surface area contributed by atoms with E-state index in [1.54, 1.807) is 30.9 Å². The highest BCUT2D eigenvalue weighted by atomic mass is 16.8. The number of pyridine rings is 1. The number of imidazole rings is 1. The fraction of sp³-hybridized carbons (Fsp3) is 0.217. The third-order valence-corrected chi connectivity index (χ3v) is 5.25. The molecule has 0 radical (unpaired) electrons. The van der Waals surface area contributed by atoms with Crippen molar-refractivity contribution >= 4 is 17.6 Å². The fourth-order valence-corrected chi connectivity index (χ4v) is 3.43. The molecule has 0 saturated carbocycles. The van der Waals surface area contributed by atoms with Crippen LogP contribution in [0.4, 0.5) is 17.6 Å². The molecule has 11 heteroatoms. The Morgan fingerprint density at radius 2 is 1.82 bits per heavy atom. The van der Waals surface area contributed by atoms with Gasteiger partial charge in [-0.05, 0) is 24.1 Å². The molecule has 4 aromatic rings. The van der Waals surface area contributed by atoms with Gasteiger partial charge in [0.25, 0.3) is 0 Å². The summed E-state index contributed by atoms with van der Waals surface area (Å²) in [5, 5.41) is 26.7. The van der Waals surface area contributed by atoms with Gasteiger partial charge in [-0.3, -0.25) is 0 Å². The molecule has 0 unspecified atom stereocenters. The predicted octanol–water partition coefficient (Wildman–Crippen LogP) is 1.77. The molecule has 3 heterocycles. The van der Waals surface area contributed by atoms with Crippen LogP contribution in [0, 0.1) is 10.4 Å². The third kappa shape index (κ3) is 5.64. The summed E-state index contributed by atoms with van der Waals surface area (Å²) < 4.78 is 1.88. The standard InChI is InChI=1S/C23H26N9O2/c1-2-16-3-5-17(6-4-16)21-19(31-12-11-25-15-31)13-28-23(30-21)27-10-9-26-20-8-7-18(14-32(33)34)22(24)29-20/h3-8,11-13,15,32H,2,9-10,14H2,1H3,(H3,24,26,29)(H,27,28,30)/q-1. The van der Waals surface area contributed by atoms with E-state index in [-0.39, 0.29) is 12.4 Å². The second-order valence-electron chi connectivity index (χ2n) is 7.59. The number of rotatable bonds is 10. The number of benzene rings is 1. The highest BCUT2D eigenvalue weighted by molar-refractivity contribution is 5.70. The highest BCUT2D eigenvalue weighted by Crippen LogP contribution is 2.26. The number of aromatic nitrogens is 5. The predicted molar refractivity (Wildman–Crippen MR) is 131 cm³/mol. The second kappa shape index (κ2) is 10.7. The zero-order valence-corrected chi connectivity index (χ0v) is 18.7. The average molecular weight is 461 g/mol. The van der Waals surface area contributed by atoms with Crippen LogP contribution >= 0.6 is 0 Å². The van der Waals surface area contributed by atoms with Crippen molar-refractivity contribution in [1.82, 2.24) is 24.5 Å². The molecule has 11 nitrogen and oxygen atoms in total. The van der Waals surface area contributed by atoms with E-state index in [0.29, 0.717) is 30.4 Å². The average Bonchev–Trinajstić information content (AvgIpc) is 3.38. The molecule has 0 spiro atoms. The minimum absolute atomic E-state index is 0.166. The minimum atomic E-state index is -1.20. The van der Waals surface area contributed by atoms with Gasteiger partial charge in [-0.15, -0.1) is 0 Å². The first-order valence-corrected chi connectivity index (χ1v) is 10.9. The Kier molecular flexibility index (Phi) is 7.28. The molecule has 0 atom stereocenters. The molecular weight excluding hydrogens is 434 g/mol. The van der Waals surface area contributed by atoms with Crippen molar-refractivity contribution in [1.29, 1.82) is 0 Å². The van der Waals surface area contributed by atoms with Crippen molar-refractivity contribution in [2.24, 2.45) is 0 Å². The van der Waals surface area contributed by atoms with Crippen LogP contribution in [0.25, 0.3) is 16.9 Å². The lowest BCUT2D eigenvalue weighted by Crippen LogP contribution is -3.00. The van der Waals surface area contributed by atoms with E-state index in [1.807, 2.05) is 10.8 Å². The first-order chi connectivity index (χ1) is 16.5. The Morgan fingerprint density at radius 1 is 1.03 bits per heavy atom. The van der Waals surface area contributed by atoms with Crippen LogP contribution in [0.5, 0.6) is 0 Å². The molecule has 176 valence electrons. The Hall–Kier alpha value is -4.06. The van der Waals surface area contributed by atoms with E-state index < -0.39 is 5.23 Å². The third-order valence-electron chi connectivity index (χ3n) is 5.25. The summed E-state index contributed by atoms with van der Waals surface area (Å²) in [6.45, 7) is 2.91. The van der Waals surface area contributed by atoms with Gasteiger partial charge in [0.2, 0.25) is 5.95 Å². The van der Waals surface area contributed by atoms with Crippen LogP contribution in [0.3, 0.4) is 0 Å². The summed E-state index contributed by atoms with van der Waals surface area (Å²) in [6.07, 6.45) is 8.03. The van der Waals surface area contributed by atoms with Crippen LogP contribution in [0.15, 0.2) is 61.3 Å². The van der Waals surface area contributed by atoms with Crippen molar-refractivity contribution < 1.29 is 5.23 Å². The lowest BCUT2D eigenvalue weighted by molar-refractivity contribution is -0.807. The SMILES string of the molecule is CCc1ccc(-c2nc(NCCNc3ccc(C[NH+]([O-])[O-])c(N)n3)ncc2-n2ccnc2)cc1. The zero-order valence-electron chi connectivity index (χ0n) is 18.7. The summed E-state index contributed by atoms with van der Waals surface area (Å²) in [4.78, 5) is 17.5. The summed E-state index contributed by atoms with van der Waals surface area (Å²) in [5.74, 6) is 1.21. The molecule has 0 amide bonds. The molecule has 0 bridgehead atoms. The van der Waals surface area contributed by atoms with E-state index in [9.17, 15) is 10.4 Å². The molecular formula is C23H26N9O2-. The maximum atomic E-state index is 10.7. The first-order valence-electron chi connectivity index (χ1n) is 10.9. The molecule has 0 aliphatic rings. The van der Waals surface area contributed by atoms with Gasteiger partial charge < -0.3 is 36.6 Å². The number of hydrogen-bond acceptors (Lipinski definition) is 9. The van der Waals surface area contributed by atoms with Crippen LogP contribution in [-0.4, -0.2) is 37.6 Å². The maximum absolute atomic E-state index is 10.7. The summed E-state index contributed by atoms with van der Waals surface area (Å²) >= 11 is 0. The quantitative estimate of drug-likeness (QED) is 0.204. The topological polar surface area (TPSA) is 157 Å². The van der Waals surface area contributed by atoms with E-state index in [2.05, 4.69) is 56.8 Å². The molecule has 4 rings (SSSR count). The molecule has 3 aromatic heterocycles. The van der Waals surface area contributed by atoms with Crippen molar-refractivity contribution in [3.8, 4) is 16.9 Å². The Bertz CT molecular complexity index is 1210. The van der Waals surface area contributed by atoms with Gasteiger partial charge in [0, 0.05) is 36.6 Å². The minimum Gasteiger partial charge on any atom is -0.633 e.